The zero-order valence-corrected chi connectivity index (χ0v) is 16.2. The summed E-state index contributed by atoms with van der Waals surface area (Å²) in [5.74, 6) is 1.99. The second-order valence-corrected chi connectivity index (χ2v) is 6.59. The number of aliphatic hydroxyl groups is 1. The first kappa shape index (κ1) is 19.2. The number of aromatic nitrogens is 5. The number of aryl methyl sites for hydroxylation is 1. The highest BCUT2D eigenvalue weighted by Crippen LogP contribution is 2.31. The van der Waals surface area contributed by atoms with Crippen LogP contribution in [0, 0.1) is 12.3 Å². The number of fused-ring (bicyclic) bond motifs is 1. The molecule has 0 spiro atoms. The molecule has 1 amide bonds. The molecule has 30 heavy (non-hydrogen) atoms. The Morgan fingerprint density at radius 1 is 1.27 bits per heavy atom. The average molecular weight is 401 g/mol. The lowest BCUT2D eigenvalue weighted by Gasteiger charge is -2.05. The number of aliphatic hydroxyl groups excluding tert-OH is 1. The molecule has 0 atom stereocenters. The Morgan fingerprint density at radius 2 is 2.13 bits per heavy atom. The number of rotatable bonds is 6. The number of nitrogens with zero attached hydrogens (tertiary/aromatic N) is 5. The highest BCUT2D eigenvalue weighted by atomic mass is 16.3. The van der Waals surface area contributed by atoms with Crippen LogP contribution in [0.25, 0.3) is 22.2 Å². The summed E-state index contributed by atoms with van der Waals surface area (Å²) in [6.07, 6.45) is 12.2. The van der Waals surface area contributed by atoms with Crippen molar-refractivity contribution in [3.63, 3.8) is 0 Å². The van der Waals surface area contributed by atoms with Crippen LogP contribution >= 0.6 is 0 Å². The minimum absolute atomic E-state index is 0.0162. The molecule has 150 valence electrons. The molecule has 3 N–H and O–H groups in total. The van der Waals surface area contributed by atoms with Crippen LogP contribution in [0.15, 0.2) is 49.1 Å². The third kappa shape index (κ3) is 3.85. The van der Waals surface area contributed by atoms with E-state index in [9.17, 15) is 4.79 Å². The van der Waals surface area contributed by atoms with E-state index in [1.807, 2.05) is 41.9 Å². The molecular formula is C21H19N7O2. The maximum absolute atomic E-state index is 11.5. The summed E-state index contributed by atoms with van der Waals surface area (Å²) in [7, 11) is 1.93. The van der Waals surface area contributed by atoms with E-state index in [0.717, 1.165) is 27.8 Å². The van der Waals surface area contributed by atoms with E-state index in [2.05, 4.69) is 25.7 Å². The lowest BCUT2D eigenvalue weighted by atomic mass is 10.1. The van der Waals surface area contributed by atoms with Crippen LogP contribution in [-0.4, -0.2) is 41.9 Å². The largest absolute Gasteiger partial charge is 0.394 e. The highest BCUT2D eigenvalue weighted by Gasteiger charge is 2.12. The number of benzene rings is 1. The van der Waals surface area contributed by atoms with Crippen LogP contribution in [0.1, 0.15) is 0 Å². The maximum atomic E-state index is 11.5. The van der Waals surface area contributed by atoms with Crippen molar-refractivity contribution in [3.05, 3.63) is 49.1 Å². The van der Waals surface area contributed by atoms with Crippen LogP contribution in [0.3, 0.4) is 0 Å². The number of carbonyl (C=O) groups is 1. The average Bonchev–Trinajstić information content (AvgIpc) is 3.32. The van der Waals surface area contributed by atoms with Gasteiger partial charge in [0.05, 0.1) is 36.2 Å². The van der Waals surface area contributed by atoms with E-state index in [4.69, 9.17) is 11.5 Å². The van der Waals surface area contributed by atoms with Crippen molar-refractivity contribution < 1.29 is 9.90 Å². The molecule has 0 aliphatic carbocycles. The summed E-state index contributed by atoms with van der Waals surface area (Å²) >= 11 is 0. The number of anilines is 3. The molecule has 0 aliphatic rings. The van der Waals surface area contributed by atoms with Gasteiger partial charge in [0.25, 0.3) is 5.91 Å². The minimum Gasteiger partial charge on any atom is -0.394 e. The Balaban J connectivity index is 1.64. The summed E-state index contributed by atoms with van der Waals surface area (Å²) in [6.45, 7) is 0.435. The predicted molar refractivity (Wildman–Crippen MR) is 114 cm³/mol. The molecular weight excluding hydrogens is 382 g/mol. The van der Waals surface area contributed by atoms with Crippen molar-refractivity contribution >= 4 is 34.1 Å². The van der Waals surface area contributed by atoms with Crippen molar-refractivity contribution in [3.8, 4) is 23.6 Å². The van der Waals surface area contributed by atoms with Crippen molar-refractivity contribution in [2.45, 2.75) is 6.54 Å². The molecule has 0 saturated heterocycles. The fourth-order valence-corrected chi connectivity index (χ4v) is 3.18. The van der Waals surface area contributed by atoms with Crippen LogP contribution in [-0.2, 0) is 18.4 Å². The molecule has 3 heterocycles. The smallest absolute Gasteiger partial charge is 0.300 e. The summed E-state index contributed by atoms with van der Waals surface area (Å²) in [4.78, 5) is 20.4. The minimum atomic E-state index is -0.488. The van der Waals surface area contributed by atoms with Gasteiger partial charge in [-0.05, 0) is 24.1 Å². The van der Waals surface area contributed by atoms with E-state index in [0.29, 0.717) is 18.2 Å². The molecule has 0 unspecified atom stereocenters. The van der Waals surface area contributed by atoms with Gasteiger partial charge in [-0.3, -0.25) is 9.48 Å². The second kappa shape index (κ2) is 8.06. The van der Waals surface area contributed by atoms with E-state index in [1.54, 1.807) is 29.3 Å². The first-order chi connectivity index (χ1) is 14.6. The third-order valence-corrected chi connectivity index (χ3v) is 4.53. The molecule has 0 fully saturated rings. The topological polar surface area (TPSA) is 110 Å². The fourth-order valence-electron chi connectivity index (χ4n) is 3.18. The van der Waals surface area contributed by atoms with Gasteiger partial charge < -0.3 is 20.3 Å². The Labute approximate surface area is 172 Å². The van der Waals surface area contributed by atoms with Crippen molar-refractivity contribution in [2.24, 2.45) is 7.05 Å². The lowest BCUT2D eigenvalue weighted by Crippen LogP contribution is -2.07. The second-order valence-electron chi connectivity index (χ2n) is 6.59. The normalized spacial score (nSPS) is 10.7. The van der Waals surface area contributed by atoms with Crippen molar-refractivity contribution in [2.75, 3.05) is 17.2 Å². The molecule has 4 aromatic rings. The van der Waals surface area contributed by atoms with E-state index in [1.165, 1.54) is 0 Å². The highest BCUT2D eigenvalue weighted by molar-refractivity contribution is 6.05. The molecule has 9 heteroatoms. The van der Waals surface area contributed by atoms with Crippen LogP contribution < -0.4 is 10.6 Å². The van der Waals surface area contributed by atoms with Gasteiger partial charge in [0.15, 0.2) is 0 Å². The summed E-state index contributed by atoms with van der Waals surface area (Å²) in [5.41, 5.74) is 3.97. The van der Waals surface area contributed by atoms with Crippen LogP contribution in [0.2, 0.25) is 0 Å². The van der Waals surface area contributed by atoms with Gasteiger partial charge in [-0.25, -0.2) is 9.97 Å². The third-order valence-electron chi connectivity index (χ3n) is 4.53. The summed E-state index contributed by atoms with van der Waals surface area (Å²) in [5, 5.41) is 19.9. The molecule has 4 rings (SSSR count). The first-order valence-corrected chi connectivity index (χ1v) is 9.18. The van der Waals surface area contributed by atoms with E-state index >= 15 is 0 Å². The first-order valence-electron chi connectivity index (χ1n) is 9.18. The van der Waals surface area contributed by atoms with Crippen LogP contribution in [0.5, 0.6) is 0 Å². The maximum Gasteiger partial charge on any atom is 0.300 e. The van der Waals surface area contributed by atoms with Gasteiger partial charge >= 0.3 is 0 Å². The Kier molecular flexibility index (Phi) is 5.15. The van der Waals surface area contributed by atoms with Gasteiger partial charge in [-0.1, -0.05) is 6.07 Å². The number of amides is 1. The van der Waals surface area contributed by atoms with Crippen molar-refractivity contribution in [1.82, 2.24) is 24.3 Å². The SMILES string of the molecule is C#CC(=O)Nc1ccc2c(-c3ccnc(Nc4cnn(CCO)c4)n3)cn(C)c2c1. The fraction of sp³-hybridized carbons (Fsp3) is 0.143. The number of carbonyl (C=O) groups excluding carboxylic acids is 1. The lowest BCUT2D eigenvalue weighted by molar-refractivity contribution is -0.111. The number of hydrogen-bond donors (Lipinski definition) is 3. The number of hydrogen-bond acceptors (Lipinski definition) is 6. The molecule has 0 radical (unpaired) electrons. The van der Waals surface area contributed by atoms with Gasteiger partial charge in [0.2, 0.25) is 5.95 Å². The molecule has 9 nitrogen and oxygen atoms in total. The summed E-state index contributed by atoms with van der Waals surface area (Å²) < 4.78 is 3.60. The molecule has 0 aliphatic heterocycles. The van der Waals surface area contributed by atoms with Gasteiger partial charge in [0, 0.05) is 42.3 Å². The predicted octanol–water partition coefficient (Wildman–Crippen LogP) is 2.14. The quantitative estimate of drug-likeness (QED) is 0.427. The Bertz CT molecular complexity index is 1270. The van der Waals surface area contributed by atoms with Crippen molar-refractivity contribution in [1.29, 1.82) is 0 Å². The van der Waals surface area contributed by atoms with E-state index < -0.39 is 5.91 Å². The molecule has 0 bridgehead atoms. The van der Waals surface area contributed by atoms with Crippen LogP contribution in [0.4, 0.5) is 17.3 Å². The monoisotopic (exact) mass is 401 g/mol. The zero-order chi connectivity index (χ0) is 21.1. The number of terminal acetylenes is 1. The Morgan fingerprint density at radius 3 is 2.93 bits per heavy atom. The number of nitrogens with one attached hydrogen (secondary N) is 2. The standard InChI is InChI=1S/C21H19N7O2/c1-3-20(30)24-14-4-5-16-17(13-27(2)19(16)10-14)18-6-7-22-21(26-18)25-15-11-23-28(12-15)8-9-29/h1,4-7,10-13,29H,8-9H2,2H3,(H,24,30)(H,22,25,26). The zero-order valence-electron chi connectivity index (χ0n) is 16.2. The van der Waals surface area contributed by atoms with Gasteiger partial charge in [0.1, 0.15) is 0 Å². The molecule has 3 aromatic heterocycles. The molecule has 0 saturated carbocycles. The van der Waals surface area contributed by atoms with Gasteiger partial charge in [-0.2, -0.15) is 5.10 Å². The summed E-state index contributed by atoms with van der Waals surface area (Å²) in [6, 6.07) is 7.43. The van der Waals surface area contributed by atoms with Gasteiger partial charge in [-0.15, -0.1) is 6.42 Å². The Hall–Kier alpha value is -4.16. The van der Waals surface area contributed by atoms with E-state index in [-0.39, 0.29) is 6.61 Å². The molecule has 1 aromatic carbocycles.